The summed E-state index contributed by atoms with van der Waals surface area (Å²) >= 11 is 0. The zero-order valence-electron chi connectivity index (χ0n) is 12.1. The van der Waals surface area contributed by atoms with E-state index in [2.05, 4.69) is 4.98 Å². The van der Waals surface area contributed by atoms with Crippen molar-refractivity contribution >= 4 is 17.8 Å². The second kappa shape index (κ2) is 7.07. The first kappa shape index (κ1) is 17.0. The summed E-state index contributed by atoms with van der Waals surface area (Å²) in [6.45, 7) is 3.35. The molecule has 0 spiro atoms. The van der Waals surface area contributed by atoms with Gasteiger partial charge < -0.3 is 20.9 Å². The molecule has 0 radical (unpaired) electrons. The Morgan fingerprint density at radius 2 is 1.45 bits per heavy atom. The first-order chi connectivity index (χ1) is 10.2. The minimum atomic E-state index is -1.11. The predicted molar refractivity (Wildman–Crippen MR) is 79.1 cm³/mol. The van der Waals surface area contributed by atoms with Crippen molar-refractivity contribution in [2.45, 2.75) is 13.8 Å². The molecular formula is C15H16N2O5. The Bertz CT molecular complexity index is 686. The molecule has 2 aromatic rings. The molecule has 0 atom stereocenters. The van der Waals surface area contributed by atoms with E-state index in [0.29, 0.717) is 5.69 Å². The normalized spacial score (nSPS) is 9.55. The second-order valence-corrected chi connectivity index (χ2v) is 4.51. The number of carbonyl (C=O) groups excluding carboxylic acids is 1. The summed E-state index contributed by atoms with van der Waals surface area (Å²) < 4.78 is 0. The van der Waals surface area contributed by atoms with Crippen LogP contribution in [-0.2, 0) is 0 Å². The van der Waals surface area contributed by atoms with Crippen LogP contribution in [-0.4, -0.2) is 33.0 Å². The maximum absolute atomic E-state index is 10.6. The van der Waals surface area contributed by atoms with Gasteiger partial charge in [-0.15, -0.1) is 0 Å². The largest absolute Gasteiger partial charge is 0.478 e. The van der Waals surface area contributed by atoms with Gasteiger partial charge in [0.1, 0.15) is 5.69 Å². The number of primary amides is 1. The fourth-order valence-corrected chi connectivity index (χ4v) is 1.75. The molecule has 0 unspecified atom stereocenters. The first-order valence-corrected chi connectivity index (χ1v) is 6.25. The third-order valence-corrected chi connectivity index (χ3v) is 2.89. The fraction of sp³-hybridized carbons (Fsp3) is 0.133. The summed E-state index contributed by atoms with van der Waals surface area (Å²) in [5.41, 5.74) is 6.71. The number of aryl methyl sites for hydroxylation is 1. The van der Waals surface area contributed by atoms with Crippen LogP contribution in [0.25, 0.3) is 0 Å². The van der Waals surface area contributed by atoms with Gasteiger partial charge in [0.15, 0.2) is 0 Å². The van der Waals surface area contributed by atoms with E-state index in [9.17, 15) is 14.4 Å². The maximum Gasteiger partial charge on any atom is 0.335 e. The van der Waals surface area contributed by atoms with Crippen LogP contribution < -0.4 is 5.73 Å². The number of hydrogen-bond acceptors (Lipinski definition) is 3. The van der Waals surface area contributed by atoms with Gasteiger partial charge in [-0.3, -0.25) is 4.79 Å². The molecule has 1 heterocycles. The lowest BCUT2D eigenvalue weighted by atomic mass is 10.0. The number of nitrogens with two attached hydrogens (primary N) is 1. The Labute approximate surface area is 126 Å². The number of amides is 1. The van der Waals surface area contributed by atoms with Gasteiger partial charge >= 0.3 is 11.9 Å². The van der Waals surface area contributed by atoms with E-state index >= 15 is 0 Å². The second-order valence-electron chi connectivity index (χ2n) is 4.51. The predicted octanol–water partition coefficient (Wildman–Crippen LogP) is 1.81. The quantitative estimate of drug-likeness (QED) is 0.686. The van der Waals surface area contributed by atoms with Crippen molar-refractivity contribution in [2.24, 2.45) is 5.73 Å². The van der Waals surface area contributed by atoms with Crippen molar-refractivity contribution in [3.63, 3.8) is 0 Å². The highest BCUT2D eigenvalue weighted by Gasteiger charge is 2.13. The summed E-state index contributed by atoms with van der Waals surface area (Å²) in [4.78, 5) is 34.4. The highest BCUT2D eigenvalue weighted by molar-refractivity contribution is 5.96. The van der Waals surface area contributed by atoms with Crippen LogP contribution in [0.3, 0.4) is 0 Å². The standard InChI is InChI=1S/C9H8O4.C6H8N2O/c1-5-6(8(10)11)3-2-4-7(5)9(12)13;1-4-2-3-5(8-4)6(7)9/h2-4H,1H3,(H,10,11)(H,12,13);2-3,8H,1H3,(H2,7,9). The van der Waals surface area contributed by atoms with Crippen molar-refractivity contribution in [2.75, 3.05) is 0 Å². The van der Waals surface area contributed by atoms with E-state index in [1.807, 2.05) is 6.92 Å². The van der Waals surface area contributed by atoms with E-state index in [0.717, 1.165) is 5.69 Å². The van der Waals surface area contributed by atoms with Crippen LogP contribution in [0.2, 0.25) is 0 Å². The third kappa shape index (κ3) is 4.20. The summed E-state index contributed by atoms with van der Waals surface area (Å²) in [5, 5.41) is 17.4. The minimum Gasteiger partial charge on any atom is -0.478 e. The molecule has 0 aliphatic rings. The van der Waals surface area contributed by atoms with E-state index < -0.39 is 17.8 Å². The van der Waals surface area contributed by atoms with E-state index in [1.54, 1.807) is 12.1 Å². The lowest BCUT2D eigenvalue weighted by molar-refractivity contribution is 0.0696. The zero-order chi connectivity index (χ0) is 16.9. The maximum atomic E-state index is 10.6. The summed E-state index contributed by atoms with van der Waals surface area (Å²) in [7, 11) is 0. The van der Waals surface area contributed by atoms with Crippen LogP contribution in [0.5, 0.6) is 0 Å². The number of carbonyl (C=O) groups is 3. The number of aromatic nitrogens is 1. The van der Waals surface area contributed by atoms with Gasteiger partial charge in [-0.2, -0.15) is 0 Å². The smallest absolute Gasteiger partial charge is 0.335 e. The molecule has 0 fully saturated rings. The van der Waals surface area contributed by atoms with Crippen LogP contribution in [0.4, 0.5) is 0 Å². The van der Waals surface area contributed by atoms with Crippen LogP contribution in [0.1, 0.15) is 42.5 Å². The molecule has 0 bridgehead atoms. The Morgan fingerprint density at radius 3 is 1.73 bits per heavy atom. The monoisotopic (exact) mass is 304 g/mol. The Morgan fingerprint density at radius 1 is 0.955 bits per heavy atom. The van der Waals surface area contributed by atoms with Gasteiger partial charge in [0.25, 0.3) is 5.91 Å². The highest BCUT2D eigenvalue weighted by atomic mass is 16.4. The number of rotatable bonds is 3. The van der Waals surface area contributed by atoms with Crippen LogP contribution in [0.15, 0.2) is 30.3 Å². The number of carboxylic acid groups (broad SMARTS) is 2. The van der Waals surface area contributed by atoms with Gasteiger partial charge in [0.2, 0.25) is 0 Å². The van der Waals surface area contributed by atoms with E-state index in [1.165, 1.54) is 25.1 Å². The number of nitrogens with one attached hydrogen (secondary N) is 1. The molecule has 5 N–H and O–H groups in total. The van der Waals surface area contributed by atoms with Gasteiger partial charge in [-0.25, -0.2) is 9.59 Å². The average Bonchev–Trinajstić information content (AvgIpc) is 2.86. The summed E-state index contributed by atoms with van der Waals surface area (Å²) in [5.74, 6) is -2.63. The fourth-order valence-electron chi connectivity index (χ4n) is 1.75. The summed E-state index contributed by atoms with van der Waals surface area (Å²) in [6, 6.07) is 7.64. The van der Waals surface area contributed by atoms with Crippen LogP contribution >= 0.6 is 0 Å². The van der Waals surface area contributed by atoms with Crippen LogP contribution in [0, 0.1) is 13.8 Å². The molecule has 0 aliphatic heterocycles. The first-order valence-electron chi connectivity index (χ1n) is 6.25. The molecule has 0 aliphatic carbocycles. The molecular weight excluding hydrogens is 288 g/mol. The number of hydrogen-bond donors (Lipinski definition) is 4. The number of aromatic carboxylic acids is 2. The SMILES string of the molecule is Cc1c(C(=O)O)cccc1C(=O)O.Cc1ccc(C(N)=O)[nH]1. The van der Waals surface area contributed by atoms with Crippen molar-refractivity contribution in [3.05, 3.63) is 58.4 Å². The van der Waals surface area contributed by atoms with Crippen molar-refractivity contribution in [1.82, 2.24) is 4.98 Å². The zero-order valence-corrected chi connectivity index (χ0v) is 12.1. The molecule has 1 aromatic carbocycles. The van der Waals surface area contributed by atoms with Gasteiger partial charge in [0.05, 0.1) is 11.1 Å². The number of aromatic amines is 1. The molecule has 0 saturated heterocycles. The molecule has 22 heavy (non-hydrogen) atoms. The number of H-pyrrole nitrogens is 1. The van der Waals surface area contributed by atoms with Crippen molar-refractivity contribution in [1.29, 1.82) is 0 Å². The number of carboxylic acids is 2. The van der Waals surface area contributed by atoms with E-state index in [-0.39, 0.29) is 16.7 Å². The Balaban J connectivity index is 0.000000235. The number of benzene rings is 1. The molecule has 7 nitrogen and oxygen atoms in total. The minimum absolute atomic E-state index is 0.0277. The van der Waals surface area contributed by atoms with Gasteiger partial charge in [-0.1, -0.05) is 6.07 Å². The van der Waals surface area contributed by atoms with Crippen molar-refractivity contribution in [3.8, 4) is 0 Å². The lowest BCUT2D eigenvalue weighted by Crippen LogP contribution is -2.10. The lowest BCUT2D eigenvalue weighted by Gasteiger charge is -2.03. The topological polar surface area (TPSA) is 133 Å². The summed E-state index contributed by atoms with van der Waals surface area (Å²) in [6.07, 6.45) is 0. The molecule has 1 aromatic heterocycles. The average molecular weight is 304 g/mol. The van der Waals surface area contributed by atoms with Gasteiger partial charge in [0, 0.05) is 5.69 Å². The van der Waals surface area contributed by atoms with E-state index in [4.69, 9.17) is 15.9 Å². The molecule has 1 amide bonds. The molecule has 7 heteroatoms. The Hall–Kier alpha value is -3.09. The molecule has 2 rings (SSSR count). The Kier molecular flexibility index (Phi) is 5.45. The highest BCUT2D eigenvalue weighted by Crippen LogP contribution is 2.13. The molecule has 0 saturated carbocycles. The van der Waals surface area contributed by atoms with Gasteiger partial charge in [-0.05, 0) is 43.7 Å². The molecule has 116 valence electrons. The third-order valence-electron chi connectivity index (χ3n) is 2.89. The van der Waals surface area contributed by atoms with Crippen molar-refractivity contribution < 1.29 is 24.6 Å².